The minimum atomic E-state index is -0.0580. The molecule has 0 aromatic heterocycles. The average molecular weight is 308 g/mol. The first-order valence-electron chi connectivity index (χ1n) is 7.89. The molecule has 2 rings (SSSR count). The van der Waals surface area contributed by atoms with Crippen LogP contribution in [-0.2, 0) is 16.1 Å². The Morgan fingerprint density at radius 3 is 2.82 bits per heavy atom. The summed E-state index contributed by atoms with van der Waals surface area (Å²) in [6.07, 6.45) is 1.97. The summed E-state index contributed by atoms with van der Waals surface area (Å²) in [4.78, 5) is 13.3. The molecule has 1 aliphatic rings. The van der Waals surface area contributed by atoms with Crippen molar-refractivity contribution in [2.24, 2.45) is 5.92 Å². The highest BCUT2D eigenvalue weighted by atomic mass is 16.5. The van der Waals surface area contributed by atoms with Crippen molar-refractivity contribution in [3.05, 3.63) is 23.8 Å². The zero-order chi connectivity index (χ0) is 15.9. The number of rotatable bonds is 6. The Kier molecular flexibility index (Phi) is 6.07. The number of hydrogen-bond donors (Lipinski definition) is 1. The van der Waals surface area contributed by atoms with Crippen molar-refractivity contribution in [1.82, 2.24) is 0 Å². The molecule has 1 heterocycles. The fourth-order valence-corrected chi connectivity index (χ4v) is 3.06. The number of ether oxygens (including phenoxy) is 3. The second kappa shape index (κ2) is 8.03. The van der Waals surface area contributed by atoms with Gasteiger partial charge in [0.1, 0.15) is 24.0 Å². The van der Waals surface area contributed by atoms with Gasteiger partial charge >= 0.3 is 5.97 Å². The number of quaternary nitrogens is 1. The molecule has 5 nitrogen and oxygen atoms in total. The summed E-state index contributed by atoms with van der Waals surface area (Å²) in [5.74, 6) is 1.65. The Balaban J connectivity index is 2.05. The molecule has 1 fully saturated rings. The van der Waals surface area contributed by atoms with Crippen molar-refractivity contribution in [1.29, 1.82) is 0 Å². The second-order valence-corrected chi connectivity index (χ2v) is 5.65. The fourth-order valence-electron chi connectivity index (χ4n) is 3.06. The molecule has 1 saturated heterocycles. The molecular weight excluding hydrogens is 282 g/mol. The lowest BCUT2D eigenvalue weighted by atomic mass is 9.97. The average Bonchev–Trinajstić information content (AvgIpc) is 2.55. The molecule has 1 aromatic rings. The number of carbonyl (C=O) groups excluding carboxylic acids is 1. The SMILES string of the molecule is CCOC(=O)[C@@H]1CCC[NH+](Cc2cc(OC)ccc2OC)C1. The van der Waals surface area contributed by atoms with Crippen molar-refractivity contribution in [2.45, 2.75) is 26.3 Å². The normalized spacial score (nSPS) is 21.2. The third-order valence-corrected chi connectivity index (χ3v) is 4.17. The number of likely N-dealkylation sites (tertiary alicyclic amines) is 1. The van der Waals surface area contributed by atoms with E-state index in [9.17, 15) is 4.79 Å². The molecule has 1 N–H and O–H groups in total. The van der Waals surface area contributed by atoms with Crippen molar-refractivity contribution < 1.29 is 23.9 Å². The molecule has 0 spiro atoms. The Hall–Kier alpha value is -1.75. The molecule has 0 saturated carbocycles. The van der Waals surface area contributed by atoms with Crippen molar-refractivity contribution in [2.75, 3.05) is 33.9 Å². The predicted octanol–water partition coefficient (Wildman–Crippen LogP) is 1.06. The topological polar surface area (TPSA) is 49.2 Å². The number of hydrogen-bond acceptors (Lipinski definition) is 4. The molecule has 0 bridgehead atoms. The number of nitrogens with one attached hydrogen (secondary N) is 1. The molecule has 1 aliphatic heterocycles. The summed E-state index contributed by atoms with van der Waals surface area (Å²) in [5.41, 5.74) is 1.11. The van der Waals surface area contributed by atoms with Crippen LogP contribution < -0.4 is 14.4 Å². The molecule has 22 heavy (non-hydrogen) atoms. The van der Waals surface area contributed by atoms with Gasteiger partial charge < -0.3 is 19.1 Å². The number of esters is 1. The van der Waals surface area contributed by atoms with Crippen LogP contribution in [-0.4, -0.2) is 39.9 Å². The van der Waals surface area contributed by atoms with E-state index in [1.54, 1.807) is 14.2 Å². The fraction of sp³-hybridized carbons (Fsp3) is 0.588. The van der Waals surface area contributed by atoms with E-state index in [2.05, 4.69) is 0 Å². The molecule has 0 aliphatic carbocycles. The highest BCUT2D eigenvalue weighted by Gasteiger charge is 2.30. The lowest BCUT2D eigenvalue weighted by molar-refractivity contribution is -0.921. The number of benzene rings is 1. The van der Waals surface area contributed by atoms with Crippen LogP contribution in [0.4, 0.5) is 0 Å². The van der Waals surface area contributed by atoms with E-state index in [1.165, 1.54) is 4.90 Å². The highest BCUT2D eigenvalue weighted by Crippen LogP contribution is 2.23. The van der Waals surface area contributed by atoms with Gasteiger partial charge in [-0.05, 0) is 38.0 Å². The van der Waals surface area contributed by atoms with Crippen LogP contribution in [0.15, 0.2) is 18.2 Å². The van der Waals surface area contributed by atoms with Crippen LogP contribution in [0.3, 0.4) is 0 Å². The summed E-state index contributed by atoms with van der Waals surface area (Å²) in [7, 11) is 3.34. The second-order valence-electron chi connectivity index (χ2n) is 5.65. The van der Waals surface area contributed by atoms with Gasteiger partial charge in [0.2, 0.25) is 0 Å². The first kappa shape index (κ1) is 16.6. The van der Waals surface area contributed by atoms with E-state index in [-0.39, 0.29) is 11.9 Å². The Labute approximate surface area is 132 Å². The van der Waals surface area contributed by atoms with E-state index in [1.807, 2.05) is 25.1 Å². The first-order valence-corrected chi connectivity index (χ1v) is 7.89. The molecule has 5 heteroatoms. The van der Waals surface area contributed by atoms with Gasteiger partial charge in [0.05, 0.1) is 39.5 Å². The van der Waals surface area contributed by atoms with Crippen LogP contribution in [0.25, 0.3) is 0 Å². The largest absolute Gasteiger partial charge is 0.497 e. The predicted molar refractivity (Wildman–Crippen MR) is 83.3 cm³/mol. The number of carbonyl (C=O) groups is 1. The number of methoxy groups -OCH3 is 2. The van der Waals surface area contributed by atoms with Crippen molar-refractivity contribution in [3.63, 3.8) is 0 Å². The van der Waals surface area contributed by atoms with E-state index in [0.29, 0.717) is 6.61 Å². The first-order chi connectivity index (χ1) is 10.7. The zero-order valence-electron chi connectivity index (χ0n) is 13.7. The third kappa shape index (κ3) is 4.13. The van der Waals surface area contributed by atoms with Gasteiger partial charge in [-0.15, -0.1) is 0 Å². The van der Waals surface area contributed by atoms with Gasteiger partial charge in [-0.2, -0.15) is 0 Å². The quantitative estimate of drug-likeness (QED) is 0.799. The van der Waals surface area contributed by atoms with E-state index in [4.69, 9.17) is 14.2 Å². The Bertz CT molecular complexity index is 503. The standard InChI is InChI=1S/C17H25NO4/c1-4-22-17(19)13-6-5-9-18(11-13)12-14-10-15(20-2)7-8-16(14)21-3/h7-8,10,13H,4-6,9,11-12H2,1-3H3/p+1/t13-/m1/s1. The summed E-state index contributed by atoms with van der Waals surface area (Å²) in [6, 6.07) is 5.84. The Morgan fingerprint density at radius 1 is 1.32 bits per heavy atom. The van der Waals surface area contributed by atoms with Gasteiger partial charge in [-0.3, -0.25) is 4.79 Å². The highest BCUT2D eigenvalue weighted by molar-refractivity contribution is 5.72. The van der Waals surface area contributed by atoms with Crippen LogP contribution in [0.1, 0.15) is 25.3 Å². The minimum Gasteiger partial charge on any atom is -0.497 e. The summed E-state index contributed by atoms with van der Waals surface area (Å²) >= 11 is 0. The molecule has 1 unspecified atom stereocenters. The number of piperidine rings is 1. The molecule has 0 radical (unpaired) electrons. The zero-order valence-corrected chi connectivity index (χ0v) is 13.7. The van der Waals surface area contributed by atoms with Crippen LogP contribution >= 0.6 is 0 Å². The molecule has 122 valence electrons. The maximum atomic E-state index is 11.9. The van der Waals surface area contributed by atoms with Crippen LogP contribution in [0.2, 0.25) is 0 Å². The van der Waals surface area contributed by atoms with Gasteiger partial charge in [0.25, 0.3) is 0 Å². The molecular formula is C17H26NO4+. The maximum Gasteiger partial charge on any atom is 0.314 e. The molecule has 0 amide bonds. The van der Waals surface area contributed by atoms with E-state index in [0.717, 1.165) is 49.5 Å². The van der Waals surface area contributed by atoms with Crippen LogP contribution in [0.5, 0.6) is 11.5 Å². The summed E-state index contributed by atoms with van der Waals surface area (Å²) < 4.78 is 15.9. The Morgan fingerprint density at radius 2 is 2.14 bits per heavy atom. The lowest BCUT2D eigenvalue weighted by Crippen LogP contribution is -3.12. The van der Waals surface area contributed by atoms with Gasteiger partial charge in [0, 0.05) is 0 Å². The van der Waals surface area contributed by atoms with E-state index >= 15 is 0 Å². The minimum absolute atomic E-state index is 0.0142. The molecule has 1 aromatic carbocycles. The summed E-state index contributed by atoms with van der Waals surface area (Å²) in [6.45, 7) is 5.02. The smallest absolute Gasteiger partial charge is 0.314 e. The maximum absolute atomic E-state index is 11.9. The third-order valence-electron chi connectivity index (χ3n) is 4.17. The van der Waals surface area contributed by atoms with Gasteiger partial charge in [-0.25, -0.2) is 0 Å². The van der Waals surface area contributed by atoms with Crippen molar-refractivity contribution in [3.8, 4) is 11.5 Å². The van der Waals surface area contributed by atoms with Crippen LogP contribution in [0, 0.1) is 5.92 Å². The van der Waals surface area contributed by atoms with Gasteiger partial charge in [0.15, 0.2) is 0 Å². The lowest BCUT2D eigenvalue weighted by Gasteiger charge is -2.29. The summed E-state index contributed by atoms with van der Waals surface area (Å²) in [5, 5.41) is 0. The monoisotopic (exact) mass is 308 g/mol. The molecule has 2 atom stereocenters. The van der Waals surface area contributed by atoms with E-state index < -0.39 is 0 Å². The van der Waals surface area contributed by atoms with Gasteiger partial charge in [-0.1, -0.05) is 0 Å². The van der Waals surface area contributed by atoms with Crippen molar-refractivity contribution >= 4 is 5.97 Å².